The highest BCUT2D eigenvalue weighted by molar-refractivity contribution is 5.91. The topological polar surface area (TPSA) is 43.1 Å². The molecule has 1 rings (SSSR count). The molecule has 0 aromatic heterocycles. The van der Waals surface area contributed by atoms with Crippen LogP contribution in [0.3, 0.4) is 0 Å². The van der Waals surface area contributed by atoms with Crippen molar-refractivity contribution >= 4 is 5.91 Å². The van der Waals surface area contributed by atoms with Gasteiger partial charge in [0, 0.05) is 5.57 Å². The van der Waals surface area contributed by atoms with Crippen molar-refractivity contribution in [3.8, 4) is 0 Å². The number of allylic oxidation sites excluding steroid dienone is 1. The first-order valence-electron chi connectivity index (χ1n) is 6.99. The first-order chi connectivity index (χ1) is 8.00. The summed E-state index contributed by atoms with van der Waals surface area (Å²) in [6, 6.07) is 0. The number of rotatable bonds is 6. The van der Waals surface area contributed by atoms with Crippen LogP contribution in [0, 0.1) is 17.8 Å². The molecule has 0 saturated heterocycles. The fourth-order valence-corrected chi connectivity index (χ4v) is 2.83. The molecule has 0 spiro atoms. The number of nitrogens with two attached hydrogens (primary N) is 1. The van der Waals surface area contributed by atoms with Crippen LogP contribution >= 0.6 is 0 Å². The van der Waals surface area contributed by atoms with Crippen molar-refractivity contribution in [3.63, 3.8) is 0 Å². The van der Waals surface area contributed by atoms with E-state index in [0.717, 1.165) is 17.4 Å². The van der Waals surface area contributed by atoms with E-state index in [4.69, 9.17) is 5.73 Å². The Labute approximate surface area is 106 Å². The first kappa shape index (κ1) is 14.3. The van der Waals surface area contributed by atoms with Crippen molar-refractivity contribution in [3.05, 3.63) is 11.6 Å². The molecule has 2 atom stereocenters. The van der Waals surface area contributed by atoms with Gasteiger partial charge in [0.2, 0.25) is 5.91 Å². The van der Waals surface area contributed by atoms with Crippen LogP contribution in [0.5, 0.6) is 0 Å². The van der Waals surface area contributed by atoms with Crippen molar-refractivity contribution in [1.29, 1.82) is 0 Å². The largest absolute Gasteiger partial charge is 0.366 e. The summed E-state index contributed by atoms with van der Waals surface area (Å²) in [6.07, 6.45) is 9.94. The van der Waals surface area contributed by atoms with E-state index >= 15 is 0 Å². The lowest BCUT2D eigenvalue weighted by molar-refractivity contribution is -0.114. The zero-order valence-electron chi connectivity index (χ0n) is 11.5. The molecule has 1 aliphatic carbocycles. The number of hydrogen-bond donors (Lipinski definition) is 1. The third-order valence-electron chi connectivity index (χ3n) is 3.93. The highest BCUT2D eigenvalue weighted by Gasteiger charge is 2.25. The Morgan fingerprint density at radius 1 is 1.41 bits per heavy atom. The minimum atomic E-state index is -0.266. The molecule has 1 aliphatic rings. The average Bonchev–Trinajstić information content (AvgIpc) is 2.65. The second kappa shape index (κ2) is 6.83. The van der Waals surface area contributed by atoms with Crippen LogP contribution in [0.4, 0.5) is 0 Å². The van der Waals surface area contributed by atoms with Crippen molar-refractivity contribution in [1.82, 2.24) is 0 Å². The second-order valence-corrected chi connectivity index (χ2v) is 5.89. The molecular weight excluding hydrogens is 210 g/mol. The van der Waals surface area contributed by atoms with Crippen LogP contribution in [-0.2, 0) is 4.79 Å². The van der Waals surface area contributed by atoms with Crippen LogP contribution in [0.1, 0.15) is 59.3 Å². The van der Waals surface area contributed by atoms with Gasteiger partial charge in [-0.3, -0.25) is 4.79 Å². The van der Waals surface area contributed by atoms with Gasteiger partial charge in [-0.2, -0.15) is 0 Å². The molecule has 2 unspecified atom stereocenters. The molecule has 98 valence electrons. The Morgan fingerprint density at radius 2 is 2.12 bits per heavy atom. The van der Waals surface area contributed by atoms with Crippen molar-refractivity contribution in [2.24, 2.45) is 23.5 Å². The minimum absolute atomic E-state index is 0.266. The number of carbonyl (C=O) groups excluding carboxylic acids is 1. The van der Waals surface area contributed by atoms with Gasteiger partial charge in [-0.15, -0.1) is 0 Å². The molecule has 0 aromatic rings. The maximum atomic E-state index is 11.1. The van der Waals surface area contributed by atoms with Gasteiger partial charge in [0.1, 0.15) is 0 Å². The maximum Gasteiger partial charge on any atom is 0.244 e. The molecule has 1 fully saturated rings. The Morgan fingerprint density at radius 3 is 2.71 bits per heavy atom. The van der Waals surface area contributed by atoms with Crippen molar-refractivity contribution in [2.45, 2.75) is 59.3 Å². The average molecular weight is 237 g/mol. The van der Waals surface area contributed by atoms with E-state index in [0.29, 0.717) is 5.92 Å². The maximum absolute atomic E-state index is 11.1. The zero-order valence-corrected chi connectivity index (χ0v) is 11.5. The Kier molecular flexibility index (Phi) is 5.73. The lowest BCUT2D eigenvalue weighted by atomic mass is 9.88. The monoisotopic (exact) mass is 237 g/mol. The normalized spacial score (nSPS) is 25.5. The summed E-state index contributed by atoms with van der Waals surface area (Å²) in [4.78, 5) is 11.1. The molecule has 0 heterocycles. The third kappa shape index (κ3) is 4.93. The molecular formula is C15H27NO. The Bertz CT molecular complexity index is 281. The molecule has 2 nitrogen and oxygen atoms in total. The van der Waals surface area contributed by atoms with Gasteiger partial charge in [-0.25, -0.2) is 0 Å². The number of carbonyl (C=O) groups is 1. The lowest BCUT2D eigenvalue weighted by Crippen LogP contribution is -2.14. The predicted octanol–water partition coefficient (Wildman–Crippen LogP) is 3.66. The molecule has 1 amide bonds. The van der Waals surface area contributed by atoms with E-state index in [-0.39, 0.29) is 5.91 Å². The standard InChI is InChI=1S/C15H27NO/c1-11(2)6-4-7-13-8-5-9-14(13)10-12(3)15(16)17/h10-11,13-14H,4-9H2,1-3H3,(H2,16,17). The molecule has 2 heteroatoms. The van der Waals surface area contributed by atoms with Crippen LogP contribution < -0.4 is 5.73 Å². The van der Waals surface area contributed by atoms with Gasteiger partial charge in [-0.05, 0) is 43.9 Å². The molecule has 17 heavy (non-hydrogen) atoms. The van der Waals surface area contributed by atoms with E-state index in [1.54, 1.807) is 0 Å². The molecule has 0 radical (unpaired) electrons. The van der Waals surface area contributed by atoms with Gasteiger partial charge < -0.3 is 5.73 Å². The Hall–Kier alpha value is -0.790. The summed E-state index contributed by atoms with van der Waals surface area (Å²) >= 11 is 0. The fourth-order valence-electron chi connectivity index (χ4n) is 2.83. The summed E-state index contributed by atoms with van der Waals surface area (Å²) in [6.45, 7) is 6.40. The summed E-state index contributed by atoms with van der Waals surface area (Å²) < 4.78 is 0. The minimum Gasteiger partial charge on any atom is -0.366 e. The van der Waals surface area contributed by atoms with Gasteiger partial charge in [0.15, 0.2) is 0 Å². The highest BCUT2D eigenvalue weighted by atomic mass is 16.1. The first-order valence-corrected chi connectivity index (χ1v) is 6.99. The highest BCUT2D eigenvalue weighted by Crippen LogP contribution is 2.37. The van der Waals surface area contributed by atoms with Crippen molar-refractivity contribution < 1.29 is 4.79 Å². The van der Waals surface area contributed by atoms with E-state index in [1.165, 1.54) is 38.5 Å². The smallest absolute Gasteiger partial charge is 0.244 e. The number of amides is 1. The van der Waals surface area contributed by atoms with Crippen molar-refractivity contribution in [2.75, 3.05) is 0 Å². The van der Waals surface area contributed by atoms with Gasteiger partial charge in [0.05, 0.1) is 0 Å². The van der Waals surface area contributed by atoms with E-state index in [2.05, 4.69) is 19.9 Å². The summed E-state index contributed by atoms with van der Waals surface area (Å²) in [5.41, 5.74) is 6.03. The summed E-state index contributed by atoms with van der Waals surface area (Å²) in [7, 11) is 0. The van der Waals surface area contributed by atoms with Gasteiger partial charge in [0.25, 0.3) is 0 Å². The number of primary amides is 1. The summed E-state index contributed by atoms with van der Waals surface area (Å²) in [5.74, 6) is 1.91. The van der Waals surface area contributed by atoms with Gasteiger partial charge in [-0.1, -0.05) is 39.2 Å². The van der Waals surface area contributed by atoms with Crippen LogP contribution in [-0.4, -0.2) is 5.91 Å². The number of hydrogen-bond acceptors (Lipinski definition) is 1. The molecule has 0 bridgehead atoms. The van der Waals surface area contributed by atoms with Gasteiger partial charge >= 0.3 is 0 Å². The Balaban J connectivity index is 2.44. The van der Waals surface area contributed by atoms with E-state index in [1.807, 2.05) is 6.92 Å². The molecule has 0 aromatic carbocycles. The lowest BCUT2D eigenvalue weighted by Gasteiger charge is -2.17. The van der Waals surface area contributed by atoms with Crippen LogP contribution in [0.25, 0.3) is 0 Å². The SMILES string of the molecule is CC(=CC1CCCC1CCCC(C)C)C(N)=O. The molecule has 2 N–H and O–H groups in total. The van der Waals surface area contributed by atoms with E-state index in [9.17, 15) is 4.79 Å². The second-order valence-electron chi connectivity index (χ2n) is 5.89. The van der Waals surface area contributed by atoms with Crippen LogP contribution in [0.15, 0.2) is 11.6 Å². The van der Waals surface area contributed by atoms with Crippen LogP contribution in [0.2, 0.25) is 0 Å². The van der Waals surface area contributed by atoms with E-state index < -0.39 is 0 Å². The summed E-state index contributed by atoms with van der Waals surface area (Å²) in [5, 5.41) is 0. The zero-order chi connectivity index (χ0) is 12.8. The third-order valence-corrected chi connectivity index (χ3v) is 3.93. The fraction of sp³-hybridized carbons (Fsp3) is 0.800. The quantitative estimate of drug-likeness (QED) is 0.704. The predicted molar refractivity (Wildman–Crippen MR) is 72.5 cm³/mol. The molecule has 0 aliphatic heterocycles. The molecule has 1 saturated carbocycles.